The van der Waals surface area contributed by atoms with Crippen LogP contribution >= 0.6 is 0 Å². The van der Waals surface area contributed by atoms with Crippen molar-refractivity contribution in [1.29, 1.82) is 0 Å². The summed E-state index contributed by atoms with van der Waals surface area (Å²) in [7, 11) is 0. The minimum Gasteiger partial charge on any atom is -0.361 e. The fourth-order valence-corrected chi connectivity index (χ4v) is 3.24. The van der Waals surface area contributed by atoms with Crippen molar-refractivity contribution in [2.24, 2.45) is 11.7 Å². The number of carbonyl (C=O) groups is 5. The number of hydrogen-bond acceptors (Lipinski definition) is 6. The molecule has 0 unspecified atom stereocenters. The summed E-state index contributed by atoms with van der Waals surface area (Å²) >= 11 is 0. The van der Waals surface area contributed by atoms with E-state index in [1.807, 2.05) is 0 Å². The summed E-state index contributed by atoms with van der Waals surface area (Å²) in [6.07, 6.45) is -5.11. The van der Waals surface area contributed by atoms with Gasteiger partial charge in [-0.3, -0.25) is 28.7 Å². The van der Waals surface area contributed by atoms with Crippen LogP contribution in [0.3, 0.4) is 0 Å². The molecular weight excluding hydrogens is 449 g/mol. The molecule has 180 valence electrons. The third-order valence-electron chi connectivity index (χ3n) is 4.89. The van der Waals surface area contributed by atoms with E-state index < -0.39 is 60.4 Å². The minimum atomic E-state index is -5.07. The number of alkyl halides is 3. The zero-order chi connectivity index (χ0) is 24.6. The van der Waals surface area contributed by atoms with Gasteiger partial charge in [-0.2, -0.15) is 0 Å². The minimum absolute atomic E-state index is 0.102. The van der Waals surface area contributed by atoms with Crippen LogP contribution in [0.4, 0.5) is 13.2 Å². The molecule has 0 saturated carbocycles. The molecule has 1 aliphatic heterocycles. The van der Waals surface area contributed by atoms with E-state index in [0.717, 1.165) is 0 Å². The second-order valence-electron chi connectivity index (χ2n) is 7.35. The summed E-state index contributed by atoms with van der Waals surface area (Å²) in [5.41, 5.74) is 5.51. The van der Waals surface area contributed by atoms with Gasteiger partial charge in [0.05, 0.1) is 6.04 Å². The van der Waals surface area contributed by atoms with Crippen LogP contribution in [-0.4, -0.2) is 61.0 Å². The van der Waals surface area contributed by atoms with Crippen molar-refractivity contribution in [2.45, 2.75) is 37.7 Å². The lowest BCUT2D eigenvalue weighted by Gasteiger charge is -2.24. The Bertz CT molecular complexity index is 894. The van der Waals surface area contributed by atoms with E-state index >= 15 is 0 Å². The molecule has 0 spiro atoms. The molecule has 0 radical (unpaired) electrons. The molecule has 33 heavy (non-hydrogen) atoms. The van der Waals surface area contributed by atoms with E-state index in [4.69, 9.17) is 5.73 Å². The Labute approximate surface area is 186 Å². The molecule has 0 aliphatic carbocycles. The number of ketones is 1. The van der Waals surface area contributed by atoms with E-state index in [1.165, 1.54) is 0 Å². The monoisotopic (exact) mass is 472 g/mol. The van der Waals surface area contributed by atoms with E-state index in [0.29, 0.717) is 18.5 Å². The number of carbonyl (C=O) groups excluding carboxylic acids is 5. The second-order valence-corrected chi connectivity index (χ2v) is 7.35. The Morgan fingerprint density at radius 2 is 1.79 bits per heavy atom. The fourth-order valence-electron chi connectivity index (χ4n) is 3.24. The molecule has 1 aromatic rings. The van der Waals surface area contributed by atoms with Crippen molar-refractivity contribution < 1.29 is 41.9 Å². The number of nitrogens with one attached hydrogen (secondary N) is 3. The number of halogens is 3. The number of amides is 4. The van der Waals surface area contributed by atoms with Crippen molar-refractivity contribution in [1.82, 2.24) is 16.0 Å². The topological polar surface area (TPSA) is 157 Å². The molecule has 1 saturated heterocycles. The van der Waals surface area contributed by atoms with Gasteiger partial charge >= 0.3 is 18.2 Å². The van der Waals surface area contributed by atoms with Gasteiger partial charge in [0.2, 0.25) is 11.8 Å². The summed E-state index contributed by atoms with van der Waals surface area (Å²) in [6.45, 7) is -1.05. The van der Waals surface area contributed by atoms with Crippen LogP contribution in [0.15, 0.2) is 30.3 Å². The van der Waals surface area contributed by atoms with Gasteiger partial charge in [0.1, 0.15) is 12.6 Å². The van der Waals surface area contributed by atoms with E-state index in [2.05, 4.69) is 20.7 Å². The van der Waals surface area contributed by atoms with Crippen molar-refractivity contribution in [3.63, 3.8) is 0 Å². The van der Waals surface area contributed by atoms with Gasteiger partial charge in [0.15, 0.2) is 5.78 Å². The van der Waals surface area contributed by atoms with Gasteiger partial charge in [-0.05, 0) is 18.4 Å². The number of Topliss-reactive ketones (excluding diaryl/α,β-unsaturated/α-hetero) is 1. The normalized spacial score (nSPS) is 17.5. The predicted octanol–water partition coefficient (Wildman–Crippen LogP) is -0.684. The molecule has 1 aliphatic rings. The van der Waals surface area contributed by atoms with Crippen LogP contribution in [0.5, 0.6) is 0 Å². The molecule has 2 rings (SSSR count). The molecule has 13 heteroatoms. The molecule has 0 bridgehead atoms. The van der Waals surface area contributed by atoms with Crippen molar-refractivity contribution in [3.05, 3.63) is 35.9 Å². The van der Waals surface area contributed by atoms with E-state index in [9.17, 15) is 37.1 Å². The van der Waals surface area contributed by atoms with Crippen LogP contribution in [0, 0.1) is 5.92 Å². The number of benzene rings is 1. The summed E-state index contributed by atoms with van der Waals surface area (Å²) in [6, 6.07) is 5.45. The van der Waals surface area contributed by atoms with Gasteiger partial charge in [-0.1, -0.05) is 30.3 Å². The first-order valence-corrected chi connectivity index (χ1v) is 9.92. The molecular formula is C20H23F3N4O6. The van der Waals surface area contributed by atoms with Crippen molar-refractivity contribution in [3.8, 4) is 0 Å². The summed E-state index contributed by atoms with van der Waals surface area (Å²) in [4.78, 5) is 60.1. The second kappa shape index (κ2) is 11.4. The zero-order valence-corrected chi connectivity index (χ0v) is 17.3. The van der Waals surface area contributed by atoms with Crippen molar-refractivity contribution >= 4 is 29.4 Å². The van der Waals surface area contributed by atoms with Gasteiger partial charge in [-0.25, -0.2) is 0 Å². The SMILES string of the molecule is NC(=O)C(=O)N[C@@H](Cc1ccccc1)C(=O)N[C@@H](C[C@@H]1CCNC1=O)C(=O)COC(F)(F)F. The van der Waals surface area contributed by atoms with Gasteiger partial charge < -0.3 is 21.7 Å². The smallest absolute Gasteiger partial charge is 0.361 e. The average Bonchev–Trinajstić information content (AvgIpc) is 3.15. The molecule has 1 heterocycles. The fraction of sp³-hybridized carbons (Fsp3) is 0.450. The number of hydrogen-bond donors (Lipinski definition) is 4. The first-order valence-electron chi connectivity index (χ1n) is 9.92. The first kappa shape index (κ1) is 25.8. The molecule has 5 N–H and O–H groups in total. The molecule has 0 aromatic heterocycles. The molecule has 4 amide bonds. The number of primary amides is 1. The highest BCUT2D eigenvalue weighted by molar-refractivity contribution is 6.34. The third-order valence-corrected chi connectivity index (χ3v) is 4.89. The third kappa shape index (κ3) is 8.52. The van der Waals surface area contributed by atoms with Crippen LogP contribution < -0.4 is 21.7 Å². The van der Waals surface area contributed by atoms with Crippen molar-refractivity contribution in [2.75, 3.05) is 13.2 Å². The summed E-state index contributed by atoms with van der Waals surface area (Å²) < 4.78 is 40.7. The molecule has 3 atom stereocenters. The van der Waals surface area contributed by atoms with Crippen LogP contribution in [0.1, 0.15) is 18.4 Å². The quantitative estimate of drug-likeness (QED) is 0.331. The highest BCUT2D eigenvalue weighted by Gasteiger charge is 2.36. The van der Waals surface area contributed by atoms with E-state index in [-0.39, 0.29) is 12.8 Å². The zero-order valence-electron chi connectivity index (χ0n) is 17.3. The Hall–Kier alpha value is -3.48. The first-order chi connectivity index (χ1) is 15.5. The molecule has 1 fully saturated rings. The van der Waals surface area contributed by atoms with Crippen LogP contribution in [-0.2, 0) is 35.1 Å². The van der Waals surface area contributed by atoms with Gasteiger partial charge in [-0.15, -0.1) is 13.2 Å². The molecule has 10 nitrogen and oxygen atoms in total. The summed E-state index contributed by atoms with van der Waals surface area (Å²) in [5.74, 6) is -5.78. The Morgan fingerprint density at radius 3 is 2.33 bits per heavy atom. The maximum Gasteiger partial charge on any atom is 0.522 e. The number of nitrogens with two attached hydrogens (primary N) is 1. The Kier molecular flexibility index (Phi) is 8.91. The molecule has 1 aromatic carbocycles. The lowest BCUT2D eigenvalue weighted by atomic mass is 9.95. The van der Waals surface area contributed by atoms with E-state index in [1.54, 1.807) is 30.3 Å². The van der Waals surface area contributed by atoms with Crippen LogP contribution in [0.25, 0.3) is 0 Å². The number of ether oxygens (including phenoxy) is 1. The maximum atomic E-state index is 12.9. The summed E-state index contributed by atoms with van der Waals surface area (Å²) in [5, 5.41) is 6.96. The predicted molar refractivity (Wildman–Crippen MR) is 106 cm³/mol. The lowest BCUT2D eigenvalue weighted by molar-refractivity contribution is -0.321. The van der Waals surface area contributed by atoms with Crippen LogP contribution in [0.2, 0.25) is 0 Å². The standard InChI is InChI=1S/C20H23F3N4O6/c21-20(22,23)33-10-15(28)13(9-12-6-7-25-17(12)30)26-18(31)14(27-19(32)16(24)29)8-11-4-2-1-3-5-11/h1-5,12-14H,6-10H2,(H2,24,29)(H,25,30)(H,26,31)(H,27,32)/t12-,13-,14-/m0/s1. The number of rotatable bonds is 10. The maximum absolute atomic E-state index is 12.9. The Morgan fingerprint density at radius 1 is 1.12 bits per heavy atom. The lowest BCUT2D eigenvalue weighted by Crippen LogP contribution is -2.55. The average molecular weight is 472 g/mol. The highest BCUT2D eigenvalue weighted by Crippen LogP contribution is 2.19. The highest BCUT2D eigenvalue weighted by atomic mass is 19.4. The van der Waals surface area contributed by atoms with Gasteiger partial charge in [0.25, 0.3) is 0 Å². The largest absolute Gasteiger partial charge is 0.522 e. The van der Waals surface area contributed by atoms with Gasteiger partial charge in [0, 0.05) is 18.9 Å². The Balaban J connectivity index is 2.19.